The third kappa shape index (κ3) is 3.44. The fourth-order valence-electron chi connectivity index (χ4n) is 2.09. The first-order chi connectivity index (χ1) is 9.06. The van der Waals surface area contributed by atoms with Gasteiger partial charge in [0.05, 0.1) is 6.42 Å². The van der Waals surface area contributed by atoms with Crippen LogP contribution in [0.3, 0.4) is 0 Å². The molecule has 0 aromatic heterocycles. The lowest BCUT2D eigenvalue weighted by molar-refractivity contribution is -0.117. The molecule has 0 heterocycles. The van der Waals surface area contributed by atoms with Gasteiger partial charge in [-0.3, -0.25) is 4.79 Å². The van der Waals surface area contributed by atoms with E-state index in [1.165, 1.54) is 11.1 Å². The zero-order chi connectivity index (χ0) is 13.8. The molecule has 0 saturated carbocycles. The van der Waals surface area contributed by atoms with Crippen LogP contribution in [0.1, 0.15) is 30.9 Å². The van der Waals surface area contributed by atoms with Crippen LogP contribution >= 0.6 is 0 Å². The molecule has 2 aromatic rings. The predicted octanol–water partition coefficient (Wildman–Crippen LogP) is 3.50. The van der Waals surface area contributed by atoms with Crippen molar-refractivity contribution in [3.05, 3.63) is 59.7 Å². The molecular formula is C17H19NO. The summed E-state index contributed by atoms with van der Waals surface area (Å²) in [6.07, 6.45) is 0.298. The molecule has 98 valence electrons. The number of hydrogen-bond donors (Lipinski definition) is 1. The Labute approximate surface area is 114 Å². The highest BCUT2D eigenvalue weighted by Crippen LogP contribution is 2.24. The van der Waals surface area contributed by atoms with Crippen LogP contribution in [0.15, 0.2) is 48.5 Å². The van der Waals surface area contributed by atoms with Gasteiger partial charge in [0.25, 0.3) is 0 Å². The summed E-state index contributed by atoms with van der Waals surface area (Å²) >= 11 is 0. The van der Waals surface area contributed by atoms with Crippen LogP contribution in [0.5, 0.6) is 0 Å². The maximum absolute atomic E-state index is 10.9. The lowest BCUT2D eigenvalue weighted by Gasteiger charge is -2.09. The molecule has 0 radical (unpaired) electrons. The Hall–Kier alpha value is -2.09. The highest BCUT2D eigenvalue weighted by Gasteiger charge is 2.03. The van der Waals surface area contributed by atoms with Gasteiger partial charge in [-0.1, -0.05) is 62.4 Å². The summed E-state index contributed by atoms with van der Waals surface area (Å²) in [7, 11) is 0. The van der Waals surface area contributed by atoms with Crippen molar-refractivity contribution in [2.24, 2.45) is 5.73 Å². The monoisotopic (exact) mass is 253 g/mol. The van der Waals surface area contributed by atoms with Crippen LogP contribution in [0.4, 0.5) is 0 Å². The largest absolute Gasteiger partial charge is 0.369 e. The molecule has 0 spiro atoms. The molecule has 2 nitrogen and oxygen atoms in total. The summed E-state index contributed by atoms with van der Waals surface area (Å²) in [5.74, 6) is 0.226. The van der Waals surface area contributed by atoms with Crippen LogP contribution < -0.4 is 5.73 Å². The summed E-state index contributed by atoms with van der Waals surface area (Å²) in [6, 6.07) is 16.6. The van der Waals surface area contributed by atoms with Gasteiger partial charge in [-0.15, -0.1) is 0 Å². The van der Waals surface area contributed by atoms with Crippen molar-refractivity contribution in [1.82, 2.24) is 0 Å². The van der Waals surface area contributed by atoms with E-state index in [9.17, 15) is 4.79 Å². The van der Waals surface area contributed by atoms with Gasteiger partial charge in [0.1, 0.15) is 0 Å². The van der Waals surface area contributed by atoms with E-state index >= 15 is 0 Å². The zero-order valence-electron chi connectivity index (χ0n) is 11.4. The Bertz CT molecular complexity index is 570. The summed E-state index contributed by atoms with van der Waals surface area (Å²) < 4.78 is 0. The highest BCUT2D eigenvalue weighted by atomic mass is 16.1. The topological polar surface area (TPSA) is 43.1 Å². The van der Waals surface area contributed by atoms with Crippen LogP contribution in [0.2, 0.25) is 0 Å². The van der Waals surface area contributed by atoms with E-state index in [-0.39, 0.29) is 5.91 Å². The number of rotatable bonds is 4. The fourth-order valence-corrected chi connectivity index (χ4v) is 2.09. The molecule has 0 aliphatic rings. The number of primary amides is 1. The second kappa shape index (κ2) is 5.70. The van der Waals surface area contributed by atoms with Crippen molar-refractivity contribution >= 4 is 5.91 Å². The Morgan fingerprint density at radius 1 is 1.05 bits per heavy atom. The molecule has 2 N–H and O–H groups in total. The van der Waals surface area contributed by atoms with Gasteiger partial charge in [-0.05, 0) is 28.2 Å². The van der Waals surface area contributed by atoms with Gasteiger partial charge < -0.3 is 5.73 Å². The lowest BCUT2D eigenvalue weighted by Crippen LogP contribution is -2.13. The van der Waals surface area contributed by atoms with Gasteiger partial charge in [0.15, 0.2) is 0 Å². The van der Waals surface area contributed by atoms with E-state index in [0.717, 1.165) is 11.1 Å². The smallest absolute Gasteiger partial charge is 0.221 e. The molecule has 2 rings (SSSR count). The minimum absolute atomic E-state index is 0.297. The number of amides is 1. The molecule has 1 amide bonds. The average molecular weight is 253 g/mol. The van der Waals surface area contributed by atoms with Gasteiger partial charge in [0, 0.05) is 0 Å². The third-order valence-electron chi connectivity index (χ3n) is 3.22. The van der Waals surface area contributed by atoms with Gasteiger partial charge >= 0.3 is 0 Å². The summed E-state index contributed by atoms with van der Waals surface area (Å²) in [5.41, 5.74) is 9.84. The minimum atomic E-state index is -0.297. The van der Waals surface area contributed by atoms with E-state index < -0.39 is 0 Å². The Morgan fingerprint density at radius 2 is 1.74 bits per heavy atom. The molecule has 0 fully saturated rings. The van der Waals surface area contributed by atoms with Crippen LogP contribution in [0, 0.1) is 0 Å². The molecule has 0 aliphatic heterocycles. The predicted molar refractivity (Wildman–Crippen MR) is 78.9 cm³/mol. The maximum Gasteiger partial charge on any atom is 0.221 e. The van der Waals surface area contributed by atoms with Gasteiger partial charge in [-0.25, -0.2) is 0 Å². The van der Waals surface area contributed by atoms with Crippen molar-refractivity contribution in [3.63, 3.8) is 0 Å². The standard InChI is InChI=1S/C17H19NO/c1-12(2)15-4-3-5-16(11-15)14-8-6-13(7-9-14)10-17(18)19/h3-9,11-12H,10H2,1-2H3,(H2,18,19). The first kappa shape index (κ1) is 13.3. The van der Waals surface area contributed by atoms with Crippen molar-refractivity contribution in [2.75, 3.05) is 0 Å². The Kier molecular flexibility index (Phi) is 4.00. The summed E-state index contributed by atoms with van der Waals surface area (Å²) in [5, 5.41) is 0. The molecule has 2 heteroatoms. The second-order valence-corrected chi connectivity index (χ2v) is 5.12. The minimum Gasteiger partial charge on any atom is -0.369 e. The molecule has 19 heavy (non-hydrogen) atoms. The molecular weight excluding hydrogens is 234 g/mol. The van der Waals surface area contributed by atoms with Crippen molar-refractivity contribution in [3.8, 4) is 11.1 Å². The van der Waals surface area contributed by atoms with Crippen LogP contribution in [-0.2, 0) is 11.2 Å². The van der Waals surface area contributed by atoms with Crippen molar-refractivity contribution in [2.45, 2.75) is 26.2 Å². The van der Waals surface area contributed by atoms with E-state index in [1.54, 1.807) is 0 Å². The first-order valence-corrected chi connectivity index (χ1v) is 6.54. The first-order valence-electron chi connectivity index (χ1n) is 6.54. The SMILES string of the molecule is CC(C)c1cccc(-c2ccc(CC(N)=O)cc2)c1. The van der Waals surface area contributed by atoms with Crippen molar-refractivity contribution in [1.29, 1.82) is 0 Å². The molecule has 2 aromatic carbocycles. The number of hydrogen-bond acceptors (Lipinski definition) is 1. The number of nitrogens with two attached hydrogens (primary N) is 1. The maximum atomic E-state index is 10.9. The Morgan fingerprint density at radius 3 is 2.32 bits per heavy atom. The van der Waals surface area contributed by atoms with Crippen LogP contribution in [-0.4, -0.2) is 5.91 Å². The van der Waals surface area contributed by atoms with Crippen molar-refractivity contribution < 1.29 is 4.79 Å². The quantitative estimate of drug-likeness (QED) is 0.890. The molecule has 0 bridgehead atoms. The fraction of sp³-hybridized carbons (Fsp3) is 0.235. The van der Waals surface area contributed by atoms with E-state index in [2.05, 4.69) is 38.1 Å². The number of carbonyl (C=O) groups excluding carboxylic acids is 1. The summed E-state index contributed by atoms with van der Waals surface area (Å²) in [6.45, 7) is 4.38. The number of benzene rings is 2. The van der Waals surface area contributed by atoms with Gasteiger partial charge in [-0.2, -0.15) is 0 Å². The van der Waals surface area contributed by atoms with Gasteiger partial charge in [0.2, 0.25) is 5.91 Å². The van der Waals surface area contributed by atoms with E-state index in [0.29, 0.717) is 12.3 Å². The molecule has 0 saturated heterocycles. The molecule has 0 aliphatic carbocycles. The average Bonchev–Trinajstić information content (AvgIpc) is 2.39. The summed E-state index contributed by atoms with van der Waals surface area (Å²) in [4.78, 5) is 10.9. The normalized spacial score (nSPS) is 10.7. The van der Waals surface area contributed by atoms with Crippen LogP contribution in [0.25, 0.3) is 11.1 Å². The molecule has 0 unspecified atom stereocenters. The second-order valence-electron chi connectivity index (χ2n) is 5.12. The third-order valence-corrected chi connectivity index (χ3v) is 3.22. The lowest BCUT2D eigenvalue weighted by atomic mass is 9.97. The number of carbonyl (C=O) groups is 1. The zero-order valence-corrected chi connectivity index (χ0v) is 11.4. The van der Waals surface area contributed by atoms with E-state index in [4.69, 9.17) is 5.73 Å². The highest BCUT2D eigenvalue weighted by molar-refractivity contribution is 5.77. The molecule has 0 atom stereocenters. The van der Waals surface area contributed by atoms with E-state index in [1.807, 2.05) is 24.3 Å². The Balaban J connectivity index is 2.26.